The van der Waals surface area contributed by atoms with E-state index in [4.69, 9.17) is 4.74 Å². The molecule has 7 nitrogen and oxygen atoms in total. The third-order valence-electron chi connectivity index (χ3n) is 3.36. The lowest BCUT2D eigenvalue weighted by Gasteiger charge is -2.12. The van der Waals surface area contributed by atoms with Crippen LogP contribution < -0.4 is 11.2 Å². The number of methoxy groups -OCH3 is 1. The van der Waals surface area contributed by atoms with Crippen molar-refractivity contribution in [1.29, 1.82) is 0 Å². The van der Waals surface area contributed by atoms with Gasteiger partial charge in [-0.1, -0.05) is 30.3 Å². The minimum atomic E-state index is -0.501. The number of aromatic amines is 2. The van der Waals surface area contributed by atoms with Crippen LogP contribution in [0.5, 0.6) is 0 Å². The second-order valence-electron chi connectivity index (χ2n) is 4.67. The van der Waals surface area contributed by atoms with Gasteiger partial charge in [-0.3, -0.25) is 14.3 Å². The van der Waals surface area contributed by atoms with Crippen molar-refractivity contribution in [2.45, 2.75) is 6.10 Å². The third kappa shape index (κ3) is 2.17. The van der Waals surface area contributed by atoms with Crippen molar-refractivity contribution in [2.24, 2.45) is 7.05 Å². The van der Waals surface area contributed by atoms with E-state index in [-0.39, 0.29) is 5.52 Å². The second kappa shape index (κ2) is 5.02. The Kier molecular flexibility index (Phi) is 3.19. The van der Waals surface area contributed by atoms with Gasteiger partial charge in [0.05, 0.1) is 0 Å². The fourth-order valence-electron chi connectivity index (χ4n) is 2.28. The number of hydrogen-bond acceptors (Lipinski definition) is 4. The number of aryl methyl sites for hydroxylation is 1. The Balaban J connectivity index is 2.21. The first kappa shape index (κ1) is 13.3. The van der Waals surface area contributed by atoms with Gasteiger partial charge >= 0.3 is 5.69 Å². The van der Waals surface area contributed by atoms with Crippen LogP contribution in [0.2, 0.25) is 0 Å². The zero-order valence-electron chi connectivity index (χ0n) is 11.6. The SMILES string of the molecule is COC(c1ccccc1)c1nc2c([nH]1)c(=O)[nH]c(=O)n2C. The third-order valence-corrected chi connectivity index (χ3v) is 3.36. The van der Waals surface area contributed by atoms with Crippen LogP contribution in [0.3, 0.4) is 0 Å². The Morgan fingerprint density at radius 3 is 2.57 bits per heavy atom. The topological polar surface area (TPSA) is 92.8 Å². The lowest BCUT2D eigenvalue weighted by molar-refractivity contribution is 0.130. The molecule has 0 saturated heterocycles. The molecular weight excluding hydrogens is 272 g/mol. The van der Waals surface area contributed by atoms with Gasteiger partial charge in [0.1, 0.15) is 17.4 Å². The van der Waals surface area contributed by atoms with Gasteiger partial charge in [0.25, 0.3) is 5.56 Å². The number of nitrogens with one attached hydrogen (secondary N) is 2. The maximum atomic E-state index is 11.8. The van der Waals surface area contributed by atoms with Gasteiger partial charge in [-0.25, -0.2) is 9.78 Å². The van der Waals surface area contributed by atoms with E-state index in [1.54, 1.807) is 14.2 Å². The van der Waals surface area contributed by atoms with E-state index in [1.165, 1.54) is 4.57 Å². The van der Waals surface area contributed by atoms with Gasteiger partial charge in [-0.05, 0) is 5.56 Å². The molecule has 0 spiro atoms. The molecule has 2 N–H and O–H groups in total. The quantitative estimate of drug-likeness (QED) is 0.740. The minimum Gasteiger partial charge on any atom is -0.369 e. The van der Waals surface area contributed by atoms with Crippen LogP contribution in [0.4, 0.5) is 0 Å². The Hall–Kier alpha value is -2.67. The van der Waals surface area contributed by atoms with Crippen molar-refractivity contribution < 1.29 is 4.74 Å². The summed E-state index contributed by atoms with van der Waals surface area (Å²) >= 11 is 0. The van der Waals surface area contributed by atoms with E-state index in [0.29, 0.717) is 11.5 Å². The van der Waals surface area contributed by atoms with Crippen molar-refractivity contribution in [1.82, 2.24) is 19.5 Å². The highest BCUT2D eigenvalue weighted by atomic mass is 16.5. The Morgan fingerprint density at radius 2 is 1.90 bits per heavy atom. The normalized spacial score (nSPS) is 12.7. The molecule has 0 radical (unpaired) electrons. The predicted molar refractivity (Wildman–Crippen MR) is 77.2 cm³/mol. The van der Waals surface area contributed by atoms with Crippen molar-refractivity contribution >= 4 is 11.2 Å². The smallest absolute Gasteiger partial charge is 0.329 e. The molecule has 1 unspecified atom stereocenters. The fraction of sp³-hybridized carbons (Fsp3) is 0.214. The summed E-state index contributed by atoms with van der Waals surface area (Å²) in [6.07, 6.45) is -0.437. The summed E-state index contributed by atoms with van der Waals surface area (Å²) in [6.45, 7) is 0. The van der Waals surface area contributed by atoms with Crippen LogP contribution in [-0.2, 0) is 11.8 Å². The first-order valence-corrected chi connectivity index (χ1v) is 6.38. The summed E-state index contributed by atoms with van der Waals surface area (Å²) < 4.78 is 6.75. The number of imidazole rings is 1. The zero-order chi connectivity index (χ0) is 15.0. The summed E-state index contributed by atoms with van der Waals surface area (Å²) in [5, 5.41) is 0. The zero-order valence-corrected chi connectivity index (χ0v) is 11.6. The van der Waals surface area contributed by atoms with Gasteiger partial charge in [0, 0.05) is 14.2 Å². The standard InChI is InChI=1S/C14H14N4O3/c1-18-12-9(13(19)17-14(18)20)15-11(16-12)10(21-2)8-6-4-3-5-7-8/h3-7,10H,1-2H3,(H,15,16)(H,17,19,20). The van der Waals surface area contributed by atoms with Gasteiger partial charge in [0.15, 0.2) is 5.65 Å². The predicted octanol–water partition coefficient (Wildman–Crippen LogP) is 0.686. The van der Waals surface area contributed by atoms with Crippen LogP contribution in [0, 0.1) is 0 Å². The molecule has 2 aromatic heterocycles. The highest BCUT2D eigenvalue weighted by Gasteiger charge is 2.19. The summed E-state index contributed by atoms with van der Waals surface area (Å²) in [4.78, 5) is 32.9. The molecule has 0 bridgehead atoms. The minimum absolute atomic E-state index is 0.255. The number of benzene rings is 1. The lowest BCUT2D eigenvalue weighted by atomic mass is 10.1. The highest BCUT2D eigenvalue weighted by Crippen LogP contribution is 2.23. The van der Waals surface area contributed by atoms with E-state index in [2.05, 4.69) is 15.0 Å². The molecule has 1 atom stereocenters. The van der Waals surface area contributed by atoms with Gasteiger partial charge in [-0.2, -0.15) is 0 Å². The van der Waals surface area contributed by atoms with E-state index in [1.807, 2.05) is 30.3 Å². The van der Waals surface area contributed by atoms with E-state index in [9.17, 15) is 9.59 Å². The number of H-pyrrole nitrogens is 2. The molecule has 1 aromatic carbocycles. The molecule has 3 rings (SSSR count). The van der Waals surface area contributed by atoms with Crippen molar-refractivity contribution in [3.05, 3.63) is 62.6 Å². The molecule has 108 valence electrons. The second-order valence-corrected chi connectivity index (χ2v) is 4.67. The molecule has 0 fully saturated rings. The number of nitrogens with zero attached hydrogens (tertiary/aromatic N) is 2. The molecule has 21 heavy (non-hydrogen) atoms. The monoisotopic (exact) mass is 286 g/mol. The number of rotatable bonds is 3. The van der Waals surface area contributed by atoms with Gasteiger partial charge < -0.3 is 9.72 Å². The molecular formula is C14H14N4O3. The maximum Gasteiger partial charge on any atom is 0.329 e. The van der Waals surface area contributed by atoms with Crippen LogP contribution in [0.25, 0.3) is 11.2 Å². The lowest BCUT2D eigenvalue weighted by Crippen LogP contribution is -2.28. The molecule has 0 aliphatic heterocycles. The summed E-state index contributed by atoms with van der Waals surface area (Å²) in [7, 11) is 3.11. The van der Waals surface area contributed by atoms with Crippen LogP contribution in [0.15, 0.2) is 39.9 Å². The Morgan fingerprint density at radius 1 is 1.19 bits per heavy atom. The largest absolute Gasteiger partial charge is 0.369 e. The maximum absolute atomic E-state index is 11.8. The van der Waals surface area contributed by atoms with Crippen molar-refractivity contribution in [2.75, 3.05) is 7.11 Å². The number of hydrogen-bond donors (Lipinski definition) is 2. The first-order valence-electron chi connectivity index (χ1n) is 6.38. The first-order chi connectivity index (χ1) is 10.1. The molecule has 0 amide bonds. The van der Waals surface area contributed by atoms with Crippen LogP contribution in [-0.4, -0.2) is 26.6 Å². The van der Waals surface area contributed by atoms with Crippen molar-refractivity contribution in [3.8, 4) is 0 Å². The van der Waals surface area contributed by atoms with E-state index in [0.717, 1.165) is 5.56 Å². The average Bonchev–Trinajstić information content (AvgIpc) is 2.92. The van der Waals surface area contributed by atoms with Crippen LogP contribution >= 0.6 is 0 Å². The summed E-state index contributed by atoms with van der Waals surface area (Å²) in [5.74, 6) is 0.477. The van der Waals surface area contributed by atoms with Crippen molar-refractivity contribution in [3.63, 3.8) is 0 Å². The molecule has 2 heterocycles. The average molecular weight is 286 g/mol. The highest BCUT2D eigenvalue weighted by molar-refractivity contribution is 5.69. The number of aromatic nitrogens is 4. The molecule has 3 aromatic rings. The molecule has 0 saturated carbocycles. The number of ether oxygens (including phenoxy) is 1. The summed E-state index contributed by atoms with van der Waals surface area (Å²) in [5.41, 5.74) is 0.469. The fourth-order valence-corrected chi connectivity index (χ4v) is 2.28. The van der Waals surface area contributed by atoms with Gasteiger partial charge in [-0.15, -0.1) is 0 Å². The molecule has 7 heteroatoms. The summed E-state index contributed by atoms with van der Waals surface area (Å²) in [6, 6.07) is 9.51. The Bertz CT molecular complexity index is 892. The van der Waals surface area contributed by atoms with E-state index < -0.39 is 17.4 Å². The Labute approximate surface area is 119 Å². The molecule has 0 aliphatic rings. The number of fused-ring (bicyclic) bond motifs is 1. The van der Waals surface area contributed by atoms with E-state index >= 15 is 0 Å². The molecule has 0 aliphatic carbocycles. The van der Waals surface area contributed by atoms with Crippen LogP contribution in [0.1, 0.15) is 17.5 Å². The van der Waals surface area contributed by atoms with Gasteiger partial charge in [0.2, 0.25) is 0 Å².